The molecule has 3 rings (SSSR count). The smallest absolute Gasteiger partial charge is 0.311 e. The second-order valence-corrected chi connectivity index (χ2v) is 7.98. The van der Waals surface area contributed by atoms with Crippen molar-refractivity contribution < 1.29 is 19.1 Å². The van der Waals surface area contributed by atoms with Gasteiger partial charge in [0.05, 0.1) is 5.92 Å². The van der Waals surface area contributed by atoms with Crippen molar-refractivity contribution in [3.63, 3.8) is 0 Å². The van der Waals surface area contributed by atoms with Crippen LogP contribution in [-0.4, -0.2) is 30.9 Å². The van der Waals surface area contributed by atoms with E-state index in [2.05, 4.69) is 26.1 Å². The average molecular weight is 423 g/mol. The number of esters is 1. The van der Waals surface area contributed by atoms with Crippen LogP contribution in [0.3, 0.4) is 0 Å². The van der Waals surface area contributed by atoms with E-state index in [1.54, 1.807) is 4.90 Å². The molecule has 2 aromatic rings. The highest BCUT2D eigenvalue weighted by molar-refractivity contribution is 6.00. The summed E-state index contributed by atoms with van der Waals surface area (Å²) < 4.78 is 5.21. The third-order valence-electron chi connectivity index (χ3n) is 5.82. The van der Waals surface area contributed by atoms with Gasteiger partial charge in [-0.1, -0.05) is 51.1 Å². The molecule has 1 fully saturated rings. The van der Waals surface area contributed by atoms with Gasteiger partial charge in [0.15, 0.2) is 6.61 Å². The van der Waals surface area contributed by atoms with Crippen molar-refractivity contribution >= 4 is 29.2 Å². The van der Waals surface area contributed by atoms with Crippen LogP contribution in [0.15, 0.2) is 48.5 Å². The Kier molecular flexibility index (Phi) is 7.45. The number of carbonyl (C=O) groups excluding carboxylic acids is 3. The Balaban J connectivity index is 1.56. The fraction of sp³-hybridized carbons (Fsp3) is 0.400. The quantitative estimate of drug-likeness (QED) is 0.644. The van der Waals surface area contributed by atoms with Crippen LogP contribution in [0.5, 0.6) is 0 Å². The lowest BCUT2D eigenvalue weighted by molar-refractivity contribution is -0.151. The van der Waals surface area contributed by atoms with Gasteiger partial charge in [0.25, 0.3) is 5.91 Å². The maximum absolute atomic E-state index is 12.6. The highest BCUT2D eigenvalue weighted by Gasteiger charge is 2.37. The zero-order valence-corrected chi connectivity index (χ0v) is 18.4. The SMILES string of the molecule is CCc1ccc(NC(=O)COC(=O)[C@H]2CC(=O)N(c3ccccc3[C@H](C)CC)C2)cc1. The molecule has 0 aromatic heterocycles. The number of carbonyl (C=O) groups is 3. The van der Waals surface area contributed by atoms with Crippen molar-refractivity contribution in [1.29, 1.82) is 0 Å². The topological polar surface area (TPSA) is 75.7 Å². The van der Waals surface area contributed by atoms with E-state index < -0.39 is 17.8 Å². The lowest BCUT2D eigenvalue weighted by atomic mass is 9.96. The molecule has 1 saturated heterocycles. The standard InChI is InChI=1S/C25H30N2O4/c1-4-17(3)21-8-6-7-9-22(21)27-15-19(14-24(27)29)25(30)31-16-23(28)26-20-12-10-18(5-2)11-13-20/h6-13,17,19H,4-5,14-16H2,1-3H3,(H,26,28)/t17-,19+/m1/s1. The van der Waals surface area contributed by atoms with Crippen LogP contribution < -0.4 is 10.2 Å². The Morgan fingerprint density at radius 2 is 1.84 bits per heavy atom. The number of aryl methyl sites for hydroxylation is 1. The molecule has 164 valence electrons. The van der Waals surface area contributed by atoms with Crippen molar-refractivity contribution in [2.45, 2.75) is 46.0 Å². The molecule has 2 atom stereocenters. The molecule has 2 aromatic carbocycles. The number of nitrogens with one attached hydrogen (secondary N) is 1. The first-order chi connectivity index (χ1) is 14.9. The molecule has 0 unspecified atom stereocenters. The summed E-state index contributed by atoms with van der Waals surface area (Å²) in [5.41, 5.74) is 3.78. The second-order valence-electron chi connectivity index (χ2n) is 7.98. The Labute approximate surface area is 183 Å². The number of anilines is 2. The average Bonchev–Trinajstić information content (AvgIpc) is 3.19. The van der Waals surface area contributed by atoms with Crippen LogP contribution in [0.2, 0.25) is 0 Å². The molecular weight excluding hydrogens is 392 g/mol. The summed E-state index contributed by atoms with van der Waals surface area (Å²) in [5, 5.41) is 2.72. The van der Waals surface area contributed by atoms with Crippen LogP contribution in [0.4, 0.5) is 11.4 Å². The van der Waals surface area contributed by atoms with Gasteiger partial charge < -0.3 is 15.0 Å². The maximum atomic E-state index is 12.6. The lowest BCUT2D eigenvalue weighted by Gasteiger charge is -2.23. The Morgan fingerprint density at radius 3 is 2.52 bits per heavy atom. The van der Waals surface area contributed by atoms with Crippen LogP contribution in [0, 0.1) is 5.92 Å². The Hall–Kier alpha value is -3.15. The van der Waals surface area contributed by atoms with E-state index >= 15 is 0 Å². The number of nitrogens with zero attached hydrogens (tertiary/aromatic N) is 1. The zero-order chi connectivity index (χ0) is 22.4. The Bertz CT molecular complexity index is 939. The van der Waals surface area contributed by atoms with Crippen LogP contribution in [0.25, 0.3) is 0 Å². The highest BCUT2D eigenvalue weighted by atomic mass is 16.5. The largest absolute Gasteiger partial charge is 0.455 e. The molecule has 6 nitrogen and oxygen atoms in total. The van der Waals surface area contributed by atoms with Crippen molar-refractivity contribution in [2.24, 2.45) is 5.92 Å². The molecule has 0 bridgehead atoms. The van der Waals surface area contributed by atoms with E-state index in [-0.39, 0.29) is 25.5 Å². The first kappa shape index (κ1) is 22.5. The van der Waals surface area contributed by atoms with E-state index in [4.69, 9.17) is 4.74 Å². The summed E-state index contributed by atoms with van der Waals surface area (Å²) in [6.45, 7) is 6.19. The van der Waals surface area contributed by atoms with E-state index in [0.29, 0.717) is 11.6 Å². The molecule has 1 aliphatic rings. The number of hydrogen-bond donors (Lipinski definition) is 1. The molecule has 6 heteroatoms. The highest BCUT2D eigenvalue weighted by Crippen LogP contribution is 2.33. The van der Waals surface area contributed by atoms with Gasteiger partial charge in [-0.05, 0) is 48.1 Å². The summed E-state index contributed by atoms with van der Waals surface area (Å²) >= 11 is 0. The van der Waals surface area contributed by atoms with E-state index in [1.807, 2.05) is 48.5 Å². The third kappa shape index (κ3) is 5.51. The summed E-state index contributed by atoms with van der Waals surface area (Å²) in [5.74, 6) is -1.29. The Morgan fingerprint density at radius 1 is 1.13 bits per heavy atom. The summed E-state index contributed by atoms with van der Waals surface area (Å²) in [4.78, 5) is 38.9. The first-order valence-electron chi connectivity index (χ1n) is 10.9. The van der Waals surface area contributed by atoms with Gasteiger partial charge in [-0.3, -0.25) is 14.4 Å². The van der Waals surface area contributed by atoms with E-state index in [1.165, 1.54) is 5.56 Å². The minimum atomic E-state index is -0.575. The summed E-state index contributed by atoms with van der Waals surface area (Å²) in [6.07, 6.45) is 1.97. The summed E-state index contributed by atoms with van der Waals surface area (Å²) in [6, 6.07) is 15.3. The molecular formula is C25H30N2O4. The molecule has 1 heterocycles. The fourth-order valence-electron chi connectivity index (χ4n) is 3.74. The zero-order valence-electron chi connectivity index (χ0n) is 18.4. The number of rotatable bonds is 8. The number of amides is 2. The van der Waals surface area contributed by atoms with Crippen molar-refractivity contribution in [3.8, 4) is 0 Å². The number of benzene rings is 2. The third-order valence-corrected chi connectivity index (χ3v) is 5.82. The van der Waals surface area contributed by atoms with Crippen LogP contribution in [-0.2, 0) is 25.5 Å². The molecule has 2 amide bonds. The van der Waals surface area contributed by atoms with E-state index in [9.17, 15) is 14.4 Å². The second kappa shape index (κ2) is 10.2. The van der Waals surface area contributed by atoms with Crippen molar-refractivity contribution in [2.75, 3.05) is 23.4 Å². The van der Waals surface area contributed by atoms with E-state index in [0.717, 1.165) is 24.1 Å². The molecule has 31 heavy (non-hydrogen) atoms. The van der Waals surface area contributed by atoms with Gasteiger partial charge in [-0.2, -0.15) is 0 Å². The van der Waals surface area contributed by atoms with Crippen LogP contribution >= 0.6 is 0 Å². The maximum Gasteiger partial charge on any atom is 0.311 e. The van der Waals surface area contributed by atoms with Gasteiger partial charge in [0, 0.05) is 24.3 Å². The first-order valence-corrected chi connectivity index (χ1v) is 10.9. The number of ether oxygens (including phenoxy) is 1. The van der Waals surface area contributed by atoms with Gasteiger partial charge in [-0.25, -0.2) is 0 Å². The lowest BCUT2D eigenvalue weighted by Crippen LogP contribution is -2.29. The molecule has 0 radical (unpaired) electrons. The fourth-order valence-corrected chi connectivity index (χ4v) is 3.74. The molecule has 0 saturated carbocycles. The predicted octanol–water partition coefficient (Wildman–Crippen LogP) is 4.30. The summed E-state index contributed by atoms with van der Waals surface area (Å²) in [7, 11) is 0. The molecule has 1 aliphatic heterocycles. The predicted molar refractivity (Wildman–Crippen MR) is 121 cm³/mol. The number of para-hydroxylation sites is 1. The minimum Gasteiger partial charge on any atom is -0.455 e. The molecule has 0 spiro atoms. The number of hydrogen-bond acceptors (Lipinski definition) is 4. The van der Waals surface area contributed by atoms with Gasteiger partial charge in [0.2, 0.25) is 5.91 Å². The van der Waals surface area contributed by atoms with Gasteiger partial charge in [-0.15, -0.1) is 0 Å². The normalized spacial score (nSPS) is 16.8. The van der Waals surface area contributed by atoms with Gasteiger partial charge >= 0.3 is 5.97 Å². The molecule has 1 N–H and O–H groups in total. The minimum absolute atomic E-state index is 0.0910. The van der Waals surface area contributed by atoms with Crippen LogP contribution in [0.1, 0.15) is 50.7 Å². The molecule has 0 aliphatic carbocycles. The van der Waals surface area contributed by atoms with Gasteiger partial charge in [0.1, 0.15) is 0 Å². The monoisotopic (exact) mass is 422 g/mol. The van der Waals surface area contributed by atoms with Crippen molar-refractivity contribution in [3.05, 3.63) is 59.7 Å². The van der Waals surface area contributed by atoms with Crippen molar-refractivity contribution in [1.82, 2.24) is 0 Å².